The molecule has 0 fully saturated rings. The molecule has 4 rings (SSSR count). The van der Waals surface area contributed by atoms with Gasteiger partial charge in [-0.1, -0.05) is 30.0 Å². The molecule has 6 nitrogen and oxygen atoms in total. The summed E-state index contributed by atoms with van der Waals surface area (Å²) in [5.41, 5.74) is 2.18. The van der Waals surface area contributed by atoms with Crippen LogP contribution in [0, 0.1) is 10.1 Å². The van der Waals surface area contributed by atoms with E-state index < -0.39 is 4.92 Å². The third-order valence-electron chi connectivity index (χ3n) is 4.89. The largest absolute Gasteiger partial charge is 0.506 e. The second-order valence-electron chi connectivity index (χ2n) is 6.64. The van der Waals surface area contributed by atoms with Crippen LogP contribution in [0.3, 0.4) is 0 Å². The van der Waals surface area contributed by atoms with Gasteiger partial charge in [-0.15, -0.1) is 0 Å². The maximum absolute atomic E-state index is 13.3. The number of nitro benzene ring substituents is 1. The lowest BCUT2D eigenvalue weighted by Crippen LogP contribution is -2.27. The van der Waals surface area contributed by atoms with Crippen LogP contribution in [0.15, 0.2) is 69.2 Å². The molecule has 0 amide bonds. The normalized spacial score (nSPS) is 13.1. The molecule has 28 heavy (non-hydrogen) atoms. The van der Waals surface area contributed by atoms with Crippen LogP contribution in [-0.4, -0.2) is 14.6 Å². The lowest BCUT2D eigenvalue weighted by molar-refractivity contribution is -0.384. The molecule has 3 aromatic rings. The second kappa shape index (κ2) is 7.52. The molecule has 0 spiro atoms. The molecule has 0 saturated carbocycles. The highest BCUT2D eigenvalue weighted by atomic mass is 32.2. The van der Waals surface area contributed by atoms with Crippen molar-refractivity contribution in [1.29, 1.82) is 0 Å². The average molecular weight is 394 g/mol. The fourth-order valence-electron chi connectivity index (χ4n) is 3.55. The minimum absolute atomic E-state index is 0.0132. The van der Waals surface area contributed by atoms with E-state index in [1.165, 1.54) is 12.1 Å². The summed E-state index contributed by atoms with van der Waals surface area (Å²) in [5, 5.41) is 21.7. The quantitative estimate of drug-likeness (QED) is 0.521. The van der Waals surface area contributed by atoms with Crippen LogP contribution in [-0.2, 0) is 12.8 Å². The molecule has 142 valence electrons. The maximum atomic E-state index is 13.3. The van der Waals surface area contributed by atoms with E-state index >= 15 is 0 Å². The third kappa shape index (κ3) is 3.29. The van der Waals surface area contributed by atoms with Crippen molar-refractivity contribution >= 4 is 17.4 Å². The number of benzene rings is 2. The Morgan fingerprint density at radius 1 is 1.00 bits per heavy atom. The summed E-state index contributed by atoms with van der Waals surface area (Å²) in [6, 6.07) is 15.4. The van der Waals surface area contributed by atoms with Gasteiger partial charge in [0.1, 0.15) is 10.6 Å². The van der Waals surface area contributed by atoms with Gasteiger partial charge in [0.05, 0.1) is 4.92 Å². The first-order chi connectivity index (χ1) is 13.6. The van der Waals surface area contributed by atoms with Crippen molar-refractivity contribution in [2.24, 2.45) is 0 Å². The molecular weight excluding hydrogens is 376 g/mol. The average Bonchev–Trinajstić information content (AvgIpc) is 2.72. The van der Waals surface area contributed by atoms with E-state index in [0.717, 1.165) is 54.4 Å². The fourth-order valence-corrected chi connectivity index (χ4v) is 4.46. The van der Waals surface area contributed by atoms with Gasteiger partial charge < -0.3 is 5.11 Å². The zero-order valence-corrected chi connectivity index (χ0v) is 15.8. The number of non-ortho nitro benzene ring substituents is 1. The maximum Gasteiger partial charge on any atom is 0.273 e. The molecule has 1 heterocycles. The van der Waals surface area contributed by atoms with Crippen molar-refractivity contribution in [3.05, 3.63) is 86.3 Å². The molecule has 0 bridgehead atoms. The zero-order chi connectivity index (χ0) is 19.7. The predicted octanol–water partition coefficient (Wildman–Crippen LogP) is 4.48. The van der Waals surface area contributed by atoms with E-state index in [9.17, 15) is 20.0 Å². The van der Waals surface area contributed by atoms with Gasteiger partial charge in [-0.05, 0) is 49.9 Å². The van der Waals surface area contributed by atoms with Gasteiger partial charge >= 0.3 is 0 Å². The van der Waals surface area contributed by atoms with Crippen LogP contribution in [0.5, 0.6) is 5.75 Å². The van der Waals surface area contributed by atoms with Crippen molar-refractivity contribution in [3.8, 4) is 11.4 Å². The molecule has 0 radical (unpaired) electrons. The van der Waals surface area contributed by atoms with Crippen LogP contribution in [0.25, 0.3) is 5.69 Å². The van der Waals surface area contributed by atoms with Crippen molar-refractivity contribution in [2.45, 2.75) is 35.5 Å². The monoisotopic (exact) mass is 394 g/mol. The van der Waals surface area contributed by atoms with Crippen LogP contribution in [0.2, 0.25) is 0 Å². The Hall–Kier alpha value is -3.06. The first-order valence-corrected chi connectivity index (χ1v) is 9.85. The van der Waals surface area contributed by atoms with E-state index in [1.807, 2.05) is 30.3 Å². The van der Waals surface area contributed by atoms with Gasteiger partial charge in [0.25, 0.3) is 11.2 Å². The number of pyridine rings is 1. The topological polar surface area (TPSA) is 85.4 Å². The molecule has 7 heteroatoms. The third-order valence-corrected chi connectivity index (χ3v) is 5.97. The first-order valence-electron chi connectivity index (χ1n) is 9.03. The van der Waals surface area contributed by atoms with Gasteiger partial charge in [0.2, 0.25) is 0 Å². The molecule has 0 aliphatic heterocycles. The summed E-state index contributed by atoms with van der Waals surface area (Å²) in [7, 11) is 0. The molecule has 0 saturated heterocycles. The fraction of sp³-hybridized carbons (Fsp3) is 0.190. The predicted molar refractivity (Wildman–Crippen MR) is 108 cm³/mol. The lowest BCUT2D eigenvalue weighted by Gasteiger charge is -2.24. The Morgan fingerprint density at radius 2 is 1.68 bits per heavy atom. The van der Waals surface area contributed by atoms with Crippen LogP contribution >= 0.6 is 11.8 Å². The van der Waals surface area contributed by atoms with Crippen LogP contribution in [0.1, 0.15) is 24.1 Å². The molecular formula is C21H18N2O4S. The van der Waals surface area contributed by atoms with E-state index in [0.29, 0.717) is 4.90 Å². The minimum Gasteiger partial charge on any atom is -0.506 e. The Morgan fingerprint density at radius 3 is 2.36 bits per heavy atom. The summed E-state index contributed by atoms with van der Waals surface area (Å²) in [4.78, 5) is 24.6. The smallest absolute Gasteiger partial charge is 0.273 e. The molecule has 1 aromatic heterocycles. The highest BCUT2D eigenvalue weighted by Gasteiger charge is 2.25. The van der Waals surface area contributed by atoms with E-state index in [2.05, 4.69) is 0 Å². The summed E-state index contributed by atoms with van der Waals surface area (Å²) < 4.78 is 1.70. The van der Waals surface area contributed by atoms with Crippen molar-refractivity contribution in [2.75, 3.05) is 0 Å². The Labute approximate surface area is 165 Å². The molecule has 1 aliphatic carbocycles. The highest BCUT2D eigenvalue weighted by Crippen LogP contribution is 2.38. The van der Waals surface area contributed by atoms with Crippen LogP contribution in [0.4, 0.5) is 5.69 Å². The number of para-hydroxylation sites is 1. The van der Waals surface area contributed by atoms with Gasteiger partial charge in [0.15, 0.2) is 0 Å². The van der Waals surface area contributed by atoms with Gasteiger partial charge in [-0.2, -0.15) is 0 Å². The summed E-state index contributed by atoms with van der Waals surface area (Å²) in [6.45, 7) is 0. The number of hydrogen-bond acceptors (Lipinski definition) is 5. The Kier molecular flexibility index (Phi) is 4.92. The summed E-state index contributed by atoms with van der Waals surface area (Å²) in [5.74, 6) is 0.0373. The Balaban J connectivity index is 1.85. The standard InChI is InChI=1S/C21H18N2O4S/c24-19-17-8-4-5-9-18(17)22(14-6-2-1-3-7-14)21(25)20(19)28-16-12-10-15(11-13-16)23(26)27/h1-3,6-7,10-13,24H,4-5,8-9H2. The number of fused-ring (bicyclic) bond motifs is 1. The molecule has 2 aromatic carbocycles. The highest BCUT2D eigenvalue weighted by molar-refractivity contribution is 7.99. The summed E-state index contributed by atoms with van der Waals surface area (Å²) in [6.07, 6.45) is 3.42. The van der Waals surface area contributed by atoms with Crippen LogP contribution < -0.4 is 5.56 Å². The lowest BCUT2D eigenvalue weighted by atomic mass is 9.94. The van der Waals surface area contributed by atoms with Crippen molar-refractivity contribution in [3.63, 3.8) is 0 Å². The van der Waals surface area contributed by atoms with Gasteiger partial charge in [0, 0.05) is 34.0 Å². The SMILES string of the molecule is O=c1c(Sc2ccc([N+](=O)[O-])cc2)c(O)c2c(n1-c1ccccc1)CCCC2. The second-order valence-corrected chi connectivity index (χ2v) is 7.72. The van der Waals surface area contributed by atoms with E-state index in [4.69, 9.17) is 0 Å². The molecule has 1 aliphatic rings. The molecule has 0 atom stereocenters. The number of aromatic nitrogens is 1. The molecule has 1 N–H and O–H groups in total. The van der Waals surface area contributed by atoms with Gasteiger partial charge in [-0.3, -0.25) is 19.5 Å². The Bertz CT molecular complexity index is 1090. The molecule has 0 unspecified atom stereocenters. The summed E-state index contributed by atoms with van der Waals surface area (Å²) >= 11 is 1.14. The minimum atomic E-state index is -0.465. The van der Waals surface area contributed by atoms with E-state index in [-0.39, 0.29) is 21.9 Å². The number of hydrogen-bond donors (Lipinski definition) is 1. The number of nitrogens with zero attached hydrogens (tertiary/aromatic N) is 2. The zero-order valence-electron chi connectivity index (χ0n) is 15.0. The van der Waals surface area contributed by atoms with E-state index in [1.54, 1.807) is 16.7 Å². The first kappa shape index (κ1) is 18.3. The van der Waals surface area contributed by atoms with Crippen molar-refractivity contribution < 1.29 is 10.0 Å². The number of aromatic hydroxyl groups is 1. The van der Waals surface area contributed by atoms with Crippen molar-refractivity contribution in [1.82, 2.24) is 4.57 Å². The number of nitro groups is 1. The van der Waals surface area contributed by atoms with Gasteiger partial charge in [-0.25, -0.2) is 0 Å². The number of rotatable bonds is 4.